The molecule has 5 heteroatoms. The Morgan fingerprint density at radius 3 is 2.74 bits per heavy atom. The second kappa shape index (κ2) is 7.49. The molecule has 0 radical (unpaired) electrons. The molecule has 0 N–H and O–H groups in total. The van der Waals surface area contributed by atoms with Crippen LogP contribution >= 0.6 is 0 Å². The first-order valence-electron chi connectivity index (χ1n) is 11.3. The highest BCUT2D eigenvalue weighted by molar-refractivity contribution is 6.05. The first kappa shape index (κ1) is 18.6. The zero-order valence-electron chi connectivity index (χ0n) is 17.6. The van der Waals surface area contributed by atoms with Crippen LogP contribution < -0.4 is 0 Å². The van der Waals surface area contributed by atoms with Gasteiger partial charge in [-0.05, 0) is 60.9 Å². The Labute approximate surface area is 182 Å². The Balaban J connectivity index is 1.32. The van der Waals surface area contributed by atoms with Gasteiger partial charge in [-0.1, -0.05) is 36.4 Å². The highest BCUT2D eigenvalue weighted by atomic mass is 16.2. The van der Waals surface area contributed by atoms with Gasteiger partial charge in [0.05, 0.1) is 24.0 Å². The first-order chi connectivity index (χ1) is 15.3. The fourth-order valence-electron chi connectivity index (χ4n) is 5.12. The van der Waals surface area contributed by atoms with Crippen LogP contribution in [0.25, 0.3) is 11.0 Å². The molecular formula is C26H26N4O. The van der Waals surface area contributed by atoms with Crippen LogP contribution in [0.3, 0.4) is 0 Å². The molecule has 6 rings (SSSR count). The molecule has 2 aliphatic carbocycles. The van der Waals surface area contributed by atoms with Crippen LogP contribution in [0.1, 0.15) is 48.0 Å². The second-order valence-corrected chi connectivity index (χ2v) is 8.97. The topological polar surface area (TPSA) is 50.5 Å². The van der Waals surface area contributed by atoms with E-state index in [1.807, 2.05) is 30.7 Å². The molecule has 5 nitrogen and oxygen atoms in total. The molecule has 2 aromatic carbocycles. The molecule has 0 spiro atoms. The number of para-hydroxylation sites is 1. The lowest BCUT2D eigenvalue weighted by molar-refractivity contribution is 0.0647. The monoisotopic (exact) mass is 410 g/mol. The summed E-state index contributed by atoms with van der Waals surface area (Å²) in [6.07, 6.45) is 9.17. The second-order valence-electron chi connectivity index (χ2n) is 8.97. The number of aromatic nitrogens is 2. The SMILES string of the molecule is O=C(c1cccc2c1ncn2Cc1ccccc1)N(C1CC1)C1CCC2=C(C=NC2)C1. The quantitative estimate of drug-likeness (QED) is 0.616. The summed E-state index contributed by atoms with van der Waals surface area (Å²) in [6.45, 7) is 1.61. The summed E-state index contributed by atoms with van der Waals surface area (Å²) < 4.78 is 2.13. The minimum absolute atomic E-state index is 0.141. The predicted octanol–water partition coefficient (Wildman–Crippen LogP) is 4.62. The van der Waals surface area contributed by atoms with Crippen molar-refractivity contribution in [2.24, 2.45) is 4.99 Å². The summed E-state index contributed by atoms with van der Waals surface area (Å²) >= 11 is 0. The molecule has 0 saturated heterocycles. The van der Waals surface area contributed by atoms with Crippen molar-refractivity contribution in [3.05, 3.63) is 77.1 Å². The molecule has 1 atom stereocenters. The van der Waals surface area contributed by atoms with Crippen molar-refractivity contribution >= 4 is 23.2 Å². The molecule has 1 saturated carbocycles. The third kappa shape index (κ3) is 3.38. The first-order valence-corrected chi connectivity index (χ1v) is 11.3. The van der Waals surface area contributed by atoms with Gasteiger partial charge in [-0.25, -0.2) is 4.98 Å². The van der Waals surface area contributed by atoms with Crippen LogP contribution in [0.4, 0.5) is 0 Å². The number of hydrogen-bond donors (Lipinski definition) is 0. The zero-order chi connectivity index (χ0) is 20.8. The Morgan fingerprint density at radius 1 is 1.03 bits per heavy atom. The lowest BCUT2D eigenvalue weighted by Crippen LogP contribution is -2.43. The fourth-order valence-corrected chi connectivity index (χ4v) is 5.12. The fraction of sp³-hybridized carbons (Fsp3) is 0.346. The lowest BCUT2D eigenvalue weighted by Gasteiger charge is -2.35. The van der Waals surface area contributed by atoms with Gasteiger partial charge in [-0.3, -0.25) is 9.79 Å². The number of aliphatic imine (C=N–C) groups is 1. The number of benzene rings is 2. The van der Waals surface area contributed by atoms with E-state index in [1.54, 1.807) is 0 Å². The Hall–Kier alpha value is -3.21. The number of imidazole rings is 1. The molecule has 1 amide bonds. The van der Waals surface area contributed by atoms with E-state index in [0.29, 0.717) is 6.04 Å². The van der Waals surface area contributed by atoms with E-state index in [1.165, 1.54) is 16.7 Å². The minimum Gasteiger partial charge on any atom is -0.332 e. The number of carbonyl (C=O) groups is 1. The van der Waals surface area contributed by atoms with Crippen LogP contribution in [0.2, 0.25) is 0 Å². The van der Waals surface area contributed by atoms with Crippen molar-refractivity contribution in [3.63, 3.8) is 0 Å². The molecule has 1 unspecified atom stereocenters. The lowest BCUT2D eigenvalue weighted by atomic mass is 9.88. The van der Waals surface area contributed by atoms with E-state index < -0.39 is 0 Å². The molecule has 3 aromatic rings. The van der Waals surface area contributed by atoms with Crippen molar-refractivity contribution in [2.75, 3.05) is 6.54 Å². The van der Waals surface area contributed by atoms with Crippen molar-refractivity contribution in [1.82, 2.24) is 14.5 Å². The summed E-state index contributed by atoms with van der Waals surface area (Å²) in [4.78, 5) is 25.1. The van der Waals surface area contributed by atoms with Crippen LogP contribution in [0.15, 0.2) is 71.0 Å². The third-order valence-corrected chi connectivity index (χ3v) is 6.86. The minimum atomic E-state index is 0.141. The van der Waals surface area contributed by atoms with E-state index in [9.17, 15) is 4.79 Å². The van der Waals surface area contributed by atoms with Gasteiger partial charge in [0, 0.05) is 24.8 Å². The highest BCUT2D eigenvalue weighted by Crippen LogP contribution is 2.38. The maximum atomic E-state index is 13.8. The Morgan fingerprint density at radius 2 is 1.90 bits per heavy atom. The number of fused-ring (bicyclic) bond motifs is 1. The van der Waals surface area contributed by atoms with Crippen molar-refractivity contribution in [3.8, 4) is 0 Å². The smallest absolute Gasteiger partial charge is 0.256 e. The van der Waals surface area contributed by atoms with Crippen LogP contribution in [0, 0.1) is 0 Å². The van der Waals surface area contributed by atoms with Crippen LogP contribution in [0.5, 0.6) is 0 Å². The van der Waals surface area contributed by atoms with Gasteiger partial charge in [0.1, 0.15) is 5.52 Å². The van der Waals surface area contributed by atoms with E-state index in [4.69, 9.17) is 0 Å². The number of amides is 1. The molecule has 1 fully saturated rings. The van der Waals surface area contributed by atoms with Crippen molar-refractivity contribution in [2.45, 2.75) is 50.7 Å². The normalized spacial score (nSPS) is 20.3. The molecule has 1 aromatic heterocycles. The van der Waals surface area contributed by atoms with E-state index >= 15 is 0 Å². The van der Waals surface area contributed by atoms with Crippen molar-refractivity contribution in [1.29, 1.82) is 0 Å². The summed E-state index contributed by atoms with van der Waals surface area (Å²) in [7, 11) is 0. The average molecular weight is 411 g/mol. The molecule has 1 aliphatic heterocycles. The molecular weight excluding hydrogens is 384 g/mol. The number of rotatable bonds is 5. The number of carbonyl (C=O) groups excluding carboxylic acids is 1. The zero-order valence-corrected chi connectivity index (χ0v) is 17.6. The maximum Gasteiger partial charge on any atom is 0.256 e. The van der Waals surface area contributed by atoms with Crippen LogP contribution in [-0.2, 0) is 6.54 Å². The summed E-state index contributed by atoms with van der Waals surface area (Å²) in [5.74, 6) is 0.141. The standard InChI is InChI=1S/C26H26N4O/c31-26(30(21-11-12-21)22-10-9-19-14-27-15-20(19)13-22)23-7-4-8-24-25(23)28-17-29(24)16-18-5-2-1-3-6-18/h1-8,15,17,21-22H,9-14,16H2. The van der Waals surface area contributed by atoms with Crippen LogP contribution in [-0.4, -0.2) is 45.2 Å². The van der Waals surface area contributed by atoms with Gasteiger partial charge >= 0.3 is 0 Å². The van der Waals surface area contributed by atoms with Gasteiger partial charge in [-0.2, -0.15) is 0 Å². The number of hydrogen-bond acceptors (Lipinski definition) is 3. The van der Waals surface area contributed by atoms with Crippen molar-refractivity contribution < 1.29 is 4.79 Å². The molecule has 0 bridgehead atoms. The Kier molecular flexibility index (Phi) is 4.48. The summed E-state index contributed by atoms with van der Waals surface area (Å²) in [5.41, 5.74) is 6.62. The highest BCUT2D eigenvalue weighted by Gasteiger charge is 2.40. The van der Waals surface area contributed by atoms with Gasteiger partial charge < -0.3 is 9.47 Å². The predicted molar refractivity (Wildman–Crippen MR) is 122 cm³/mol. The van der Waals surface area contributed by atoms with Gasteiger partial charge in [0.15, 0.2) is 0 Å². The van der Waals surface area contributed by atoms with E-state index in [2.05, 4.69) is 49.8 Å². The van der Waals surface area contributed by atoms with Gasteiger partial charge in [0.25, 0.3) is 5.91 Å². The molecule has 2 heterocycles. The van der Waals surface area contributed by atoms with Gasteiger partial charge in [-0.15, -0.1) is 0 Å². The van der Waals surface area contributed by atoms with E-state index in [0.717, 1.165) is 61.8 Å². The molecule has 156 valence electrons. The maximum absolute atomic E-state index is 13.8. The van der Waals surface area contributed by atoms with Gasteiger partial charge in [0.2, 0.25) is 0 Å². The average Bonchev–Trinajstić information content (AvgIpc) is 3.37. The van der Waals surface area contributed by atoms with E-state index in [-0.39, 0.29) is 11.9 Å². The third-order valence-electron chi connectivity index (χ3n) is 6.86. The largest absolute Gasteiger partial charge is 0.332 e. The molecule has 31 heavy (non-hydrogen) atoms. The summed E-state index contributed by atoms with van der Waals surface area (Å²) in [6, 6.07) is 17.0. The summed E-state index contributed by atoms with van der Waals surface area (Å²) in [5, 5.41) is 0. The molecule has 3 aliphatic rings. The number of nitrogens with zero attached hydrogens (tertiary/aromatic N) is 4. The Bertz CT molecular complexity index is 1200.